The molecule has 1 heterocycles. The topological polar surface area (TPSA) is 84.2 Å². The van der Waals surface area contributed by atoms with Crippen LogP contribution in [0.3, 0.4) is 0 Å². The molecule has 0 saturated carbocycles. The van der Waals surface area contributed by atoms with Crippen LogP contribution in [-0.4, -0.2) is 26.8 Å². The van der Waals surface area contributed by atoms with Gasteiger partial charge >= 0.3 is 5.97 Å². The molecule has 110 valence electrons. The Labute approximate surface area is 129 Å². The predicted octanol–water partition coefficient (Wildman–Crippen LogP) is 2.60. The van der Waals surface area contributed by atoms with Crippen molar-refractivity contribution >= 4 is 33.5 Å². The van der Waals surface area contributed by atoms with E-state index in [1.54, 1.807) is 16.8 Å². The number of halogens is 1. The molecule has 2 N–H and O–H groups in total. The van der Waals surface area contributed by atoms with E-state index >= 15 is 0 Å². The number of anilines is 1. The van der Waals surface area contributed by atoms with Gasteiger partial charge in [0.15, 0.2) is 0 Å². The molecule has 0 spiro atoms. The molecule has 1 aromatic heterocycles. The second-order valence-corrected chi connectivity index (χ2v) is 5.54. The normalized spacial score (nSPS) is 10.4. The molecule has 1 aromatic carbocycles. The maximum Gasteiger partial charge on any atom is 0.337 e. The summed E-state index contributed by atoms with van der Waals surface area (Å²) in [5.41, 5.74) is 1.99. The third-order valence-electron chi connectivity index (χ3n) is 2.88. The van der Waals surface area contributed by atoms with E-state index in [1.807, 2.05) is 19.9 Å². The standard InChI is InChI=1S/C14H14BrN3O3/c1-8-5-9(2)18(17-8)7-13(19)16-12-6-10(15)3-4-11(12)14(20)21/h3-6H,7H2,1-2H3,(H,16,19)(H,20,21). The number of carbonyl (C=O) groups is 2. The van der Waals surface area contributed by atoms with Crippen LogP contribution >= 0.6 is 15.9 Å². The number of aryl methyl sites for hydroxylation is 2. The molecule has 21 heavy (non-hydrogen) atoms. The number of amides is 1. The summed E-state index contributed by atoms with van der Waals surface area (Å²) in [7, 11) is 0. The van der Waals surface area contributed by atoms with Crippen LogP contribution in [0.5, 0.6) is 0 Å². The van der Waals surface area contributed by atoms with Gasteiger partial charge in [0.1, 0.15) is 6.54 Å². The summed E-state index contributed by atoms with van der Waals surface area (Å²) < 4.78 is 2.26. The van der Waals surface area contributed by atoms with Crippen molar-refractivity contribution in [3.05, 3.63) is 45.7 Å². The highest BCUT2D eigenvalue weighted by atomic mass is 79.9. The van der Waals surface area contributed by atoms with E-state index in [9.17, 15) is 9.59 Å². The van der Waals surface area contributed by atoms with Gasteiger partial charge in [0.2, 0.25) is 5.91 Å². The number of aromatic carboxylic acids is 1. The number of nitrogens with zero attached hydrogens (tertiary/aromatic N) is 2. The van der Waals surface area contributed by atoms with Crippen molar-refractivity contribution in [3.63, 3.8) is 0 Å². The second-order valence-electron chi connectivity index (χ2n) is 4.63. The fraction of sp³-hybridized carbons (Fsp3) is 0.214. The second kappa shape index (κ2) is 6.09. The Kier molecular flexibility index (Phi) is 4.42. The summed E-state index contributed by atoms with van der Waals surface area (Å²) in [5, 5.41) is 15.9. The SMILES string of the molecule is Cc1cc(C)n(CC(=O)Nc2cc(Br)ccc2C(=O)O)n1. The molecule has 0 atom stereocenters. The van der Waals surface area contributed by atoms with Gasteiger partial charge in [-0.1, -0.05) is 15.9 Å². The van der Waals surface area contributed by atoms with Crippen LogP contribution in [0, 0.1) is 13.8 Å². The maximum absolute atomic E-state index is 12.0. The first-order chi connectivity index (χ1) is 9.86. The Morgan fingerprint density at radius 1 is 1.33 bits per heavy atom. The highest BCUT2D eigenvalue weighted by Gasteiger charge is 2.14. The summed E-state index contributed by atoms with van der Waals surface area (Å²) in [6.07, 6.45) is 0. The maximum atomic E-state index is 12.0. The number of hydrogen-bond donors (Lipinski definition) is 2. The Hall–Kier alpha value is -2.15. The zero-order chi connectivity index (χ0) is 15.6. The lowest BCUT2D eigenvalue weighted by Gasteiger charge is -2.10. The summed E-state index contributed by atoms with van der Waals surface area (Å²) >= 11 is 3.26. The number of carboxylic acid groups (broad SMARTS) is 1. The lowest BCUT2D eigenvalue weighted by atomic mass is 10.2. The van der Waals surface area contributed by atoms with Crippen LogP contribution in [-0.2, 0) is 11.3 Å². The van der Waals surface area contributed by atoms with Crippen LogP contribution in [0.4, 0.5) is 5.69 Å². The number of hydrogen-bond acceptors (Lipinski definition) is 3. The zero-order valence-corrected chi connectivity index (χ0v) is 13.1. The Morgan fingerprint density at radius 3 is 2.62 bits per heavy atom. The number of carboxylic acids is 1. The van der Waals surface area contributed by atoms with Crippen LogP contribution in [0.2, 0.25) is 0 Å². The van der Waals surface area contributed by atoms with E-state index in [0.29, 0.717) is 4.47 Å². The van der Waals surface area contributed by atoms with Gasteiger partial charge in [-0.2, -0.15) is 5.10 Å². The minimum Gasteiger partial charge on any atom is -0.478 e. The van der Waals surface area contributed by atoms with Crippen molar-refractivity contribution in [3.8, 4) is 0 Å². The number of carbonyl (C=O) groups excluding carboxylic acids is 1. The van der Waals surface area contributed by atoms with Gasteiger partial charge in [0.05, 0.1) is 16.9 Å². The highest BCUT2D eigenvalue weighted by molar-refractivity contribution is 9.10. The van der Waals surface area contributed by atoms with Crippen molar-refractivity contribution in [2.45, 2.75) is 20.4 Å². The molecule has 0 aliphatic carbocycles. The average Bonchev–Trinajstić information content (AvgIpc) is 2.67. The van der Waals surface area contributed by atoms with Crippen molar-refractivity contribution in [1.82, 2.24) is 9.78 Å². The third kappa shape index (κ3) is 3.69. The molecule has 1 amide bonds. The lowest BCUT2D eigenvalue weighted by molar-refractivity contribution is -0.116. The van der Waals surface area contributed by atoms with Crippen molar-refractivity contribution in [2.24, 2.45) is 0 Å². The van der Waals surface area contributed by atoms with E-state index in [4.69, 9.17) is 5.11 Å². The molecule has 0 fully saturated rings. The molecule has 0 saturated heterocycles. The van der Waals surface area contributed by atoms with Crippen LogP contribution in [0.15, 0.2) is 28.7 Å². The van der Waals surface area contributed by atoms with Crippen LogP contribution in [0.1, 0.15) is 21.7 Å². The van der Waals surface area contributed by atoms with Gasteiger partial charge in [-0.25, -0.2) is 4.79 Å². The van der Waals surface area contributed by atoms with Gasteiger partial charge < -0.3 is 10.4 Å². The van der Waals surface area contributed by atoms with Crippen LogP contribution < -0.4 is 5.32 Å². The van der Waals surface area contributed by atoms with Gasteiger partial charge in [0.25, 0.3) is 0 Å². The average molecular weight is 352 g/mol. The first-order valence-corrected chi connectivity index (χ1v) is 7.00. The monoisotopic (exact) mass is 351 g/mol. The largest absolute Gasteiger partial charge is 0.478 e. The lowest BCUT2D eigenvalue weighted by Crippen LogP contribution is -2.21. The minimum absolute atomic E-state index is 0.0330. The number of aromatic nitrogens is 2. The molecule has 2 aromatic rings. The molecule has 2 rings (SSSR count). The fourth-order valence-electron chi connectivity index (χ4n) is 1.97. The minimum atomic E-state index is -1.09. The molecule has 0 bridgehead atoms. The summed E-state index contributed by atoms with van der Waals surface area (Å²) in [6, 6.07) is 6.48. The predicted molar refractivity (Wildman–Crippen MR) is 81.4 cm³/mol. The van der Waals surface area contributed by atoms with E-state index in [1.165, 1.54) is 6.07 Å². The molecule has 0 aliphatic rings. The first-order valence-electron chi connectivity index (χ1n) is 6.20. The van der Waals surface area contributed by atoms with E-state index in [2.05, 4.69) is 26.3 Å². The molecule has 0 radical (unpaired) electrons. The Bertz CT molecular complexity index is 709. The van der Waals surface area contributed by atoms with Crippen molar-refractivity contribution in [2.75, 3.05) is 5.32 Å². The van der Waals surface area contributed by atoms with Gasteiger partial charge in [0, 0.05) is 10.2 Å². The molecule has 0 unspecified atom stereocenters. The Morgan fingerprint density at radius 2 is 2.05 bits per heavy atom. The molecular weight excluding hydrogens is 338 g/mol. The van der Waals surface area contributed by atoms with Gasteiger partial charge in [-0.3, -0.25) is 9.48 Å². The van der Waals surface area contributed by atoms with E-state index in [-0.39, 0.29) is 23.7 Å². The zero-order valence-electron chi connectivity index (χ0n) is 11.6. The molecule has 6 nitrogen and oxygen atoms in total. The first kappa shape index (κ1) is 15.2. The molecule has 0 aliphatic heterocycles. The highest BCUT2D eigenvalue weighted by Crippen LogP contribution is 2.21. The smallest absolute Gasteiger partial charge is 0.337 e. The molecular formula is C14H14BrN3O3. The summed E-state index contributed by atoms with van der Waals surface area (Å²) in [6.45, 7) is 3.73. The number of benzene rings is 1. The van der Waals surface area contributed by atoms with E-state index in [0.717, 1.165) is 11.4 Å². The Balaban J connectivity index is 2.18. The quantitative estimate of drug-likeness (QED) is 0.886. The molecule has 7 heteroatoms. The van der Waals surface area contributed by atoms with Crippen LogP contribution in [0.25, 0.3) is 0 Å². The summed E-state index contributed by atoms with van der Waals surface area (Å²) in [5.74, 6) is -1.43. The number of nitrogens with one attached hydrogen (secondary N) is 1. The summed E-state index contributed by atoms with van der Waals surface area (Å²) in [4.78, 5) is 23.2. The fourth-order valence-corrected chi connectivity index (χ4v) is 2.33. The van der Waals surface area contributed by atoms with Crippen molar-refractivity contribution in [1.29, 1.82) is 0 Å². The van der Waals surface area contributed by atoms with Gasteiger partial charge in [-0.05, 0) is 38.1 Å². The number of rotatable bonds is 4. The van der Waals surface area contributed by atoms with Gasteiger partial charge in [-0.15, -0.1) is 0 Å². The van der Waals surface area contributed by atoms with Crippen molar-refractivity contribution < 1.29 is 14.7 Å². The van der Waals surface area contributed by atoms with E-state index < -0.39 is 5.97 Å². The third-order valence-corrected chi connectivity index (χ3v) is 3.38.